The molecular formula is C6H9N3O6S. The van der Waals surface area contributed by atoms with E-state index < -0.39 is 15.2 Å². The van der Waals surface area contributed by atoms with E-state index in [9.17, 15) is 8.42 Å². The van der Waals surface area contributed by atoms with Crippen LogP contribution >= 0.6 is 0 Å². The molecule has 9 nitrogen and oxygen atoms in total. The van der Waals surface area contributed by atoms with Crippen LogP contribution in [0.5, 0.6) is 0 Å². The number of hydrogen-bond donors (Lipinski definition) is 4. The highest BCUT2D eigenvalue weighted by atomic mass is 32.2. The summed E-state index contributed by atoms with van der Waals surface area (Å²) in [7, 11) is -4.10. The molecule has 1 aromatic rings. The van der Waals surface area contributed by atoms with Crippen LogP contribution in [0.15, 0.2) is 29.2 Å². The van der Waals surface area contributed by atoms with Gasteiger partial charge in [-0.15, -0.1) is 10.1 Å². The van der Waals surface area contributed by atoms with Crippen molar-refractivity contribution >= 4 is 15.8 Å². The molecule has 0 amide bonds. The summed E-state index contributed by atoms with van der Waals surface area (Å²) in [5.41, 5.74) is 2.90. The van der Waals surface area contributed by atoms with Crippen LogP contribution in [0.2, 0.25) is 0 Å². The topological polar surface area (TPSA) is 156 Å². The molecule has 1 rings (SSSR count). The minimum atomic E-state index is -4.10. The Bertz CT molecular complexity index is 438. The van der Waals surface area contributed by atoms with Gasteiger partial charge in [-0.25, -0.2) is 0 Å². The third kappa shape index (κ3) is 5.74. The summed E-state index contributed by atoms with van der Waals surface area (Å²) in [5, 5.41) is 13.6. The monoisotopic (exact) mass is 251 g/mol. The quantitative estimate of drug-likeness (QED) is 0.245. The van der Waals surface area contributed by atoms with E-state index in [1.807, 2.05) is 0 Å². The standard InChI is InChI=1S/C6H8N2O3S.HNO3/c7-8-5-1-3-6(4-2-5)12(9,10)11;2-1(3)4/h1-4,8H,7H2,(H,9,10,11);(H,2,3,4). The van der Waals surface area contributed by atoms with Crippen molar-refractivity contribution in [3.05, 3.63) is 34.4 Å². The highest BCUT2D eigenvalue weighted by molar-refractivity contribution is 7.85. The highest BCUT2D eigenvalue weighted by Crippen LogP contribution is 2.12. The summed E-state index contributed by atoms with van der Waals surface area (Å²) >= 11 is 0. The molecule has 0 saturated heterocycles. The van der Waals surface area contributed by atoms with Crippen LogP contribution in [0, 0.1) is 10.1 Å². The molecule has 1 aromatic carbocycles. The Balaban J connectivity index is 0.000000487. The smallest absolute Gasteiger partial charge is 0.294 e. The van der Waals surface area contributed by atoms with Crippen LogP contribution in [0.3, 0.4) is 0 Å². The lowest BCUT2D eigenvalue weighted by molar-refractivity contribution is -0.742. The first kappa shape index (κ1) is 14.1. The van der Waals surface area contributed by atoms with Crippen molar-refractivity contribution in [2.24, 2.45) is 5.84 Å². The van der Waals surface area contributed by atoms with E-state index in [4.69, 9.17) is 25.7 Å². The van der Waals surface area contributed by atoms with E-state index in [2.05, 4.69) is 5.43 Å². The van der Waals surface area contributed by atoms with Crippen LogP contribution in [-0.4, -0.2) is 23.3 Å². The van der Waals surface area contributed by atoms with E-state index >= 15 is 0 Å². The Kier molecular flexibility index (Phi) is 5.15. The van der Waals surface area contributed by atoms with Gasteiger partial charge in [-0.3, -0.25) is 10.4 Å². The molecule has 0 fully saturated rings. The van der Waals surface area contributed by atoms with Crippen molar-refractivity contribution in [2.75, 3.05) is 5.43 Å². The van der Waals surface area contributed by atoms with Crippen LogP contribution in [0.4, 0.5) is 5.69 Å². The Morgan fingerprint density at radius 2 is 1.69 bits per heavy atom. The summed E-state index contributed by atoms with van der Waals surface area (Å²) in [5.74, 6) is 5.05. The van der Waals surface area contributed by atoms with E-state index in [0.29, 0.717) is 5.69 Å². The van der Waals surface area contributed by atoms with Gasteiger partial charge < -0.3 is 10.6 Å². The maximum Gasteiger partial charge on any atom is 0.294 e. The fraction of sp³-hybridized carbons (Fsp3) is 0. The number of benzene rings is 1. The van der Waals surface area contributed by atoms with Crippen LogP contribution < -0.4 is 11.3 Å². The largest absolute Gasteiger partial charge is 0.328 e. The van der Waals surface area contributed by atoms with Gasteiger partial charge in [-0.05, 0) is 24.3 Å². The van der Waals surface area contributed by atoms with Gasteiger partial charge in [-0.2, -0.15) is 8.42 Å². The van der Waals surface area contributed by atoms with Crippen LogP contribution in [0.1, 0.15) is 0 Å². The minimum absolute atomic E-state index is 0.151. The zero-order valence-electron chi connectivity index (χ0n) is 7.77. The van der Waals surface area contributed by atoms with Crippen molar-refractivity contribution in [1.29, 1.82) is 0 Å². The van der Waals surface area contributed by atoms with Crippen molar-refractivity contribution < 1.29 is 23.3 Å². The molecule has 0 heterocycles. The van der Waals surface area contributed by atoms with Crippen molar-refractivity contribution in [1.82, 2.24) is 0 Å². The molecule has 5 N–H and O–H groups in total. The highest BCUT2D eigenvalue weighted by Gasteiger charge is 2.07. The SMILES string of the molecule is NNc1ccc(S(=O)(=O)O)cc1.O=[N+]([O-])O. The number of hydrogen-bond acceptors (Lipinski definition) is 6. The van der Waals surface area contributed by atoms with E-state index in [-0.39, 0.29) is 4.90 Å². The predicted octanol–water partition coefficient (Wildman–Crippen LogP) is -0.129. The molecule has 10 heteroatoms. The van der Waals surface area contributed by atoms with Gasteiger partial charge in [-0.1, -0.05) is 0 Å². The molecular weight excluding hydrogens is 242 g/mol. The van der Waals surface area contributed by atoms with Gasteiger partial charge >= 0.3 is 0 Å². The molecule has 0 bridgehead atoms. The molecule has 90 valence electrons. The zero-order valence-corrected chi connectivity index (χ0v) is 8.59. The Hall–Kier alpha value is -1.91. The Morgan fingerprint density at radius 3 is 1.94 bits per heavy atom. The molecule has 0 radical (unpaired) electrons. The number of rotatable bonds is 2. The van der Waals surface area contributed by atoms with Crippen molar-refractivity contribution in [2.45, 2.75) is 4.90 Å². The van der Waals surface area contributed by atoms with Gasteiger partial charge in [0.25, 0.3) is 15.2 Å². The third-order valence-corrected chi connectivity index (χ3v) is 2.19. The molecule has 0 aliphatic carbocycles. The van der Waals surface area contributed by atoms with Gasteiger partial charge in [0, 0.05) is 5.69 Å². The number of nitrogen functional groups attached to an aromatic ring is 1. The number of hydrazine groups is 1. The molecule has 0 saturated carbocycles. The van der Waals surface area contributed by atoms with Crippen LogP contribution in [-0.2, 0) is 10.1 Å². The average Bonchev–Trinajstić information content (AvgIpc) is 2.16. The first-order chi connectivity index (χ1) is 7.27. The maximum atomic E-state index is 10.5. The fourth-order valence-corrected chi connectivity index (χ4v) is 1.20. The summed E-state index contributed by atoms with van der Waals surface area (Å²) in [6.07, 6.45) is 0. The average molecular weight is 251 g/mol. The normalized spacial score (nSPS) is 9.88. The number of nitrogens with two attached hydrogens (primary N) is 1. The van der Waals surface area contributed by atoms with E-state index in [0.717, 1.165) is 0 Å². The zero-order chi connectivity index (χ0) is 12.8. The second kappa shape index (κ2) is 5.85. The first-order valence-electron chi connectivity index (χ1n) is 3.65. The summed E-state index contributed by atoms with van der Waals surface area (Å²) < 4.78 is 29.6. The number of nitrogens with one attached hydrogen (secondary N) is 1. The second-order valence-corrected chi connectivity index (χ2v) is 3.80. The summed E-state index contributed by atoms with van der Waals surface area (Å²) in [6.45, 7) is 0. The van der Waals surface area contributed by atoms with Gasteiger partial charge in [0.15, 0.2) is 0 Å². The van der Waals surface area contributed by atoms with E-state index in [1.165, 1.54) is 24.3 Å². The van der Waals surface area contributed by atoms with Gasteiger partial charge in [0.1, 0.15) is 0 Å². The molecule has 0 aliphatic rings. The minimum Gasteiger partial charge on any atom is -0.328 e. The van der Waals surface area contributed by atoms with Gasteiger partial charge in [0.05, 0.1) is 4.90 Å². The Morgan fingerprint density at radius 1 is 1.31 bits per heavy atom. The predicted molar refractivity (Wildman–Crippen MR) is 52.8 cm³/mol. The van der Waals surface area contributed by atoms with Crippen molar-refractivity contribution in [3.8, 4) is 0 Å². The summed E-state index contributed by atoms with van der Waals surface area (Å²) in [4.78, 5) is 8.21. The fourth-order valence-electron chi connectivity index (χ4n) is 0.723. The second-order valence-electron chi connectivity index (χ2n) is 2.38. The molecule has 0 spiro atoms. The lowest BCUT2D eigenvalue weighted by Gasteiger charge is -1.99. The molecule has 0 atom stereocenters. The Labute approximate surface area is 90.3 Å². The summed E-state index contributed by atoms with van der Waals surface area (Å²) in [6, 6.07) is 5.40. The lowest BCUT2D eigenvalue weighted by atomic mass is 10.3. The molecule has 0 unspecified atom stereocenters. The number of nitrogens with zero attached hydrogens (tertiary/aromatic N) is 1. The molecule has 0 aromatic heterocycles. The van der Waals surface area contributed by atoms with Crippen LogP contribution in [0.25, 0.3) is 0 Å². The third-order valence-electron chi connectivity index (χ3n) is 1.32. The molecule has 16 heavy (non-hydrogen) atoms. The first-order valence-corrected chi connectivity index (χ1v) is 5.09. The maximum absolute atomic E-state index is 10.5. The molecule has 0 aliphatic heterocycles. The lowest BCUT2D eigenvalue weighted by Crippen LogP contribution is -2.06. The number of anilines is 1. The van der Waals surface area contributed by atoms with Gasteiger partial charge in [0.2, 0.25) is 0 Å². The van der Waals surface area contributed by atoms with Crippen molar-refractivity contribution in [3.63, 3.8) is 0 Å². The van der Waals surface area contributed by atoms with E-state index in [1.54, 1.807) is 0 Å².